The summed E-state index contributed by atoms with van der Waals surface area (Å²) in [6.45, 7) is 0. The lowest BCUT2D eigenvalue weighted by atomic mass is 10.2. The number of aromatic nitrogens is 4. The lowest BCUT2D eigenvalue weighted by molar-refractivity contribution is 0.475. The highest BCUT2D eigenvalue weighted by molar-refractivity contribution is 5.81. The molecule has 0 spiro atoms. The SMILES string of the molecule is Cn1c(N/N=C\c2cccc(O)c2)nc2c1c(=O)[nH]c(=O)n2C. The summed E-state index contributed by atoms with van der Waals surface area (Å²) in [5.41, 5.74) is 2.89. The first kappa shape index (κ1) is 14.6. The maximum Gasteiger partial charge on any atom is 0.329 e. The van der Waals surface area contributed by atoms with Gasteiger partial charge in [-0.05, 0) is 17.7 Å². The van der Waals surface area contributed by atoms with E-state index in [-0.39, 0.29) is 16.9 Å². The van der Waals surface area contributed by atoms with E-state index in [0.717, 1.165) is 0 Å². The Bertz CT molecular complexity index is 1030. The summed E-state index contributed by atoms with van der Waals surface area (Å²) >= 11 is 0. The van der Waals surface area contributed by atoms with Gasteiger partial charge in [-0.3, -0.25) is 14.3 Å². The Morgan fingerprint density at radius 1 is 1.30 bits per heavy atom. The molecule has 0 radical (unpaired) electrons. The van der Waals surface area contributed by atoms with Crippen LogP contribution in [0.2, 0.25) is 0 Å². The number of benzene rings is 1. The Kier molecular flexibility index (Phi) is 3.45. The maximum absolute atomic E-state index is 11.9. The minimum absolute atomic E-state index is 0.137. The van der Waals surface area contributed by atoms with Crippen LogP contribution in [-0.2, 0) is 14.1 Å². The number of hydrazone groups is 1. The van der Waals surface area contributed by atoms with Gasteiger partial charge in [-0.2, -0.15) is 10.1 Å². The summed E-state index contributed by atoms with van der Waals surface area (Å²) in [6.07, 6.45) is 1.50. The molecule has 3 aromatic rings. The number of aromatic hydroxyl groups is 1. The van der Waals surface area contributed by atoms with Gasteiger partial charge in [0, 0.05) is 14.1 Å². The highest BCUT2D eigenvalue weighted by atomic mass is 16.3. The first-order valence-corrected chi connectivity index (χ1v) is 6.71. The Morgan fingerprint density at radius 2 is 2.09 bits per heavy atom. The third kappa shape index (κ3) is 2.59. The lowest BCUT2D eigenvalue weighted by Crippen LogP contribution is -2.29. The molecule has 2 heterocycles. The number of H-pyrrole nitrogens is 1. The van der Waals surface area contributed by atoms with E-state index in [0.29, 0.717) is 11.5 Å². The van der Waals surface area contributed by atoms with E-state index < -0.39 is 11.2 Å². The number of phenols is 1. The van der Waals surface area contributed by atoms with E-state index in [2.05, 4.69) is 20.5 Å². The topological polar surface area (TPSA) is 117 Å². The summed E-state index contributed by atoms with van der Waals surface area (Å²) in [7, 11) is 3.16. The zero-order chi connectivity index (χ0) is 16.6. The zero-order valence-corrected chi connectivity index (χ0v) is 12.4. The fraction of sp³-hybridized carbons (Fsp3) is 0.143. The molecule has 0 saturated carbocycles. The number of nitrogens with zero attached hydrogens (tertiary/aromatic N) is 4. The quantitative estimate of drug-likeness (QED) is 0.468. The Hall–Kier alpha value is -3.36. The Labute approximate surface area is 129 Å². The number of hydrogen-bond donors (Lipinski definition) is 3. The summed E-state index contributed by atoms with van der Waals surface area (Å²) in [5, 5.41) is 13.4. The third-order valence-corrected chi connectivity index (χ3v) is 3.38. The minimum atomic E-state index is -0.532. The molecule has 9 heteroatoms. The molecule has 1 aromatic carbocycles. The van der Waals surface area contributed by atoms with Crippen molar-refractivity contribution in [2.24, 2.45) is 19.2 Å². The smallest absolute Gasteiger partial charge is 0.329 e. The number of imidazole rings is 1. The van der Waals surface area contributed by atoms with Gasteiger partial charge in [0.1, 0.15) is 5.75 Å². The van der Waals surface area contributed by atoms with Crippen molar-refractivity contribution in [2.45, 2.75) is 0 Å². The first-order chi connectivity index (χ1) is 11.0. The standard InChI is InChI=1S/C14H14N6O3/c1-19-10-11(20(2)14(23)17-12(10)22)16-13(19)18-15-7-8-4-3-5-9(21)6-8/h3-7,21H,1-2H3,(H,16,18)(H,17,22,23)/b15-7-. The van der Waals surface area contributed by atoms with Gasteiger partial charge in [0.15, 0.2) is 11.2 Å². The van der Waals surface area contributed by atoms with Gasteiger partial charge in [-0.25, -0.2) is 10.2 Å². The van der Waals surface area contributed by atoms with Crippen LogP contribution < -0.4 is 16.7 Å². The predicted octanol–water partition coefficient (Wildman–Crippen LogP) is 0.112. The average molecular weight is 314 g/mol. The van der Waals surface area contributed by atoms with Gasteiger partial charge >= 0.3 is 5.69 Å². The summed E-state index contributed by atoms with van der Waals surface area (Å²) in [4.78, 5) is 29.9. The number of rotatable bonds is 3. The molecular weight excluding hydrogens is 300 g/mol. The van der Waals surface area contributed by atoms with Crippen LogP contribution in [-0.4, -0.2) is 30.4 Å². The van der Waals surface area contributed by atoms with Crippen molar-refractivity contribution < 1.29 is 5.11 Å². The number of aromatic amines is 1. The van der Waals surface area contributed by atoms with E-state index in [1.54, 1.807) is 31.3 Å². The van der Waals surface area contributed by atoms with Gasteiger partial charge in [0.05, 0.1) is 6.21 Å². The van der Waals surface area contributed by atoms with E-state index in [1.807, 2.05) is 0 Å². The zero-order valence-electron chi connectivity index (χ0n) is 12.4. The molecule has 0 fully saturated rings. The molecular formula is C14H14N6O3. The summed E-state index contributed by atoms with van der Waals surface area (Å²) < 4.78 is 2.76. The monoisotopic (exact) mass is 314 g/mol. The van der Waals surface area contributed by atoms with Crippen molar-refractivity contribution in [3.63, 3.8) is 0 Å². The molecule has 2 aromatic heterocycles. The molecule has 23 heavy (non-hydrogen) atoms. The number of aryl methyl sites for hydroxylation is 2. The highest BCUT2D eigenvalue weighted by Crippen LogP contribution is 2.13. The van der Waals surface area contributed by atoms with Crippen molar-refractivity contribution in [3.05, 3.63) is 50.7 Å². The van der Waals surface area contributed by atoms with Crippen molar-refractivity contribution in [1.29, 1.82) is 0 Å². The summed E-state index contributed by atoms with van der Waals surface area (Å²) in [5.74, 6) is 0.446. The maximum atomic E-state index is 11.9. The van der Waals surface area contributed by atoms with Crippen LogP contribution in [0.3, 0.4) is 0 Å². The van der Waals surface area contributed by atoms with Crippen molar-refractivity contribution >= 4 is 23.3 Å². The fourth-order valence-corrected chi connectivity index (χ4v) is 2.18. The molecule has 0 bridgehead atoms. The molecule has 3 rings (SSSR count). The fourth-order valence-electron chi connectivity index (χ4n) is 2.18. The van der Waals surface area contributed by atoms with Gasteiger partial charge in [-0.15, -0.1) is 0 Å². The number of fused-ring (bicyclic) bond motifs is 1. The largest absolute Gasteiger partial charge is 0.508 e. The molecule has 0 aliphatic rings. The number of hydrogen-bond acceptors (Lipinski definition) is 6. The second-order valence-corrected chi connectivity index (χ2v) is 4.95. The van der Waals surface area contributed by atoms with Gasteiger partial charge in [-0.1, -0.05) is 12.1 Å². The molecule has 0 saturated heterocycles. The average Bonchev–Trinajstić information content (AvgIpc) is 2.83. The number of phenolic OH excluding ortho intramolecular Hbond substituents is 1. The molecule has 0 aliphatic carbocycles. The number of nitrogens with one attached hydrogen (secondary N) is 2. The van der Waals surface area contributed by atoms with Crippen LogP contribution in [0.15, 0.2) is 39.0 Å². The molecule has 118 valence electrons. The van der Waals surface area contributed by atoms with Crippen LogP contribution in [0.4, 0.5) is 5.95 Å². The number of anilines is 1. The minimum Gasteiger partial charge on any atom is -0.508 e. The van der Waals surface area contributed by atoms with Gasteiger partial charge in [0.2, 0.25) is 5.95 Å². The van der Waals surface area contributed by atoms with Crippen LogP contribution in [0.25, 0.3) is 11.2 Å². The van der Waals surface area contributed by atoms with Crippen LogP contribution >= 0.6 is 0 Å². The highest BCUT2D eigenvalue weighted by Gasteiger charge is 2.14. The van der Waals surface area contributed by atoms with Crippen LogP contribution in [0.1, 0.15) is 5.56 Å². The Balaban J connectivity index is 1.97. The molecule has 0 aliphatic heterocycles. The molecule has 0 unspecified atom stereocenters. The molecule has 9 nitrogen and oxygen atoms in total. The second kappa shape index (κ2) is 5.44. The van der Waals surface area contributed by atoms with E-state index in [1.165, 1.54) is 22.4 Å². The van der Waals surface area contributed by atoms with Crippen molar-refractivity contribution in [3.8, 4) is 5.75 Å². The normalized spacial score (nSPS) is 11.4. The van der Waals surface area contributed by atoms with E-state index in [4.69, 9.17) is 0 Å². The van der Waals surface area contributed by atoms with Crippen LogP contribution in [0, 0.1) is 0 Å². The molecule has 3 N–H and O–H groups in total. The van der Waals surface area contributed by atoms with E-state index in [9.17, 15) is 14.7 Å². The van der Waals surface area contributed by atoms with Crippen molar-refractivity contribution in [2.75, 3.05) is 5.43 Å². The summed E-state index contributed by atoms with van der Waals surface area (Å²) in [6, 6.07) is 6.58. The van der Waals surface area contributed by atoms with Gasteiger partial charge in [0.25, 0.3) is 5.56 Å². The third-order valence-electron chi connectivity index (χ3n) is 3.38. The molecule has 0 atom stereocenters. The van der Waals surface area contributed by atoms with Crippen molar-refractivity contribution in [1.82, 2.24) is 19.1 Å². The molecule has 0 amide bonds. The van der Waals surface area contributed by atoms with Gasteiger partial charge < -0.3 is 9.67 Å². The van der Waals surface area contributed by atoms with Crippen LogP contribution in [0.5, 0.6) is 5.75 Å². The first-order valence-electron chi connectivity index (χ1n) is 6.71. The predicted molar refractivity (Wildman–Crippen MR) is 85.9 cm³/mol. The second-order valence-electron chi connectivity index (χ2n) is 4.95. The Morgan fingerprint density at radius 3 is 2.83 bits per heavy atom. The lowest BCUT2D eigenvalue weighted by Gasteiger charge is -2.00. The van der Waals surface area contributed by atoms with E-state index >= 15 is 0 Å².